The number of benzene rings is 1. The number of pyridine rings is 1. The van der Waals surface area contributed by atoms with Gasteiger partial charge < -0.3 is 15.5 Å². The molecule has 1 aromatic heterocycles. The SMILES string of the molecule is C=C/C=c1/ncc2c(/c1=C/C(C)C(/C=C\C)=C/N(C)CN)CN(c1cccc(C(F)(F)F)c1)C(=O)C=C2. The van der Waals surface area contributed by atoms with Gasteiger partial charge in [-0.25, -0.2) is 0 Å². The first-order valence-electron chi connectivity index (χ1n) is 11.8. The maximum atomic E-state index is 13.4. The smallest absolute Gasteiger partial charge is 0.368 e. The summed E-state index contributed by atoms with van der Waals surface area (Å²) < 4.78 is 40.2. The molecule has 37 heavy (non-hydrogen) atoms. The van der Waals surface area contributed by atoms with Crippen molar-refractivity contribution in [1.29, 1.82) is 0 Å². The molecule has 2 aromatic rings. The van der Waals surface area contributed by atoms with Crippen LogP contribution in [0.25, 0.3) is 18.2 Å². The van der Waals surface area contributed by atoms with Crippen molar-refractivity contribution < 1.29 is 18.0 Å². The number of amides is 1. The van der Waals surface area contributed by atoms with E-state index in [0.717, 1.165) is 34.1 Å². The van der Waals surface area contributed by atoms with E-state index in [4.69, 9.17) is 5.73 Å². The van der Waals surface area contributed by atoms with Crippen molar-refractivity contribution in [3.05, 3.63) is 100 Å². The van der Waals surface area contributed by atoms with Gasteiger partial charge >= 0.3 is 6.18 Å². The summed E-state index contributed by atoms with van der Waals surface area (Å²) in [5, 5.41) is 1.44. The fourth-order valence-corrected chi connectivity index (χ4v) is 4.06. The average Bonchev–Trinajstić information content (AvgIpc) is 3.03. The number of hydrogen-bond donors (Lipinski definition) is 1. The molecule has 5 nitrogen and oxygen atoms in total. The van der Waals surface area contributed by atoms with Gasteiger partial charge in [-0.1, -0.05) is 43.9 Å². The van der Waals surface area contributed by atoms with Crippen LogP contribution in [0, 0.1) is 5.92 Å². The number of aromatic nitrogens is 1. The van der Waals surface area contributed by atoms with Crippen molar-refractivity contribution in [1.82, 2.24) is 9.88 Å². The van der Waals surface area contributed by atoms with E-state index in [1.165, 1.54) is 23.1 Å². The highest BCUT2D eigenvalue weighted by Gasteiger charge is 2.31. The van der Waals surface area contributed by atoms with Gasteiger partial charge in [0.25, 0.3) is 5.91 Å². The molecule has 194 valence electrons. The first-order chi connectivity index (χ1) is 17.6. The summed E-state index contributed by atoms with van der Waals surface area (Å²) in [6.07, 6.45) is 11.5. The molecule has 0 saturated carbocycles. The van der Waals surface area contributed by atoms with Crippen molar-refractivity contribution >= 4 is 29.8 Å². The lowest BCUT2D eigenvalue weighted by molar-refractivity contribution is -0.137. The molecule has 0 saturated heterocycles. The zero-order chi connectivity index (χ0) is 27.2. The van der Waals surface area contributed by atoms with E-state index in [9.17, 15) is 18.0 Å². The summed E-state index contributed by atoms with van der Waals surface area (Å²) in [5.41, 5.74) is 7.63. The van der Waals surface area contributed by atoms with Gasteiger partial charge in [-0.3, -0.25) is 9.78 Å². The van der Waals surface area contributed by atoms with Crippen LogP contribution in [0.4, 0.5) is 18.9 Å². The Morgan fingerprint density at radius 3 is 2.73 bits per heavy atom. The summed E-state index contributed by atoms with van der Waals surface area (Å²) in [6.45, 7) is 8.19. The Hall–Kier alpha value is -3.91. The number of rotatable bonds is 7. The Kier molecular flexibility index (Phi) is 8.89. The number of halogens is 3. The molecule has 1 amide bonds. The normalized spacial score (nSPS) is 16.2. The van der Waals surface area contributed by atoms with Crippen LogP contribution in [0.3, 0.4) is 0 Å². The highest BCUT2D eigenvalue weighted by molar-refractivity contribution is 6.04. The van der Waals surface area contributed by atoms with Crippen molar-refractivity contribution in [3.63, 3.8) is 0 Å². The molecule has 1 aliphatic rings. The van der Waals surface area contributed by atoms with Crippen LogP contribution in [0.15, 0.2) is 73.1 Å². The van der Waals surface area contributed by atoms with E-state index in [2.05, 4.69) is 11.6 Å². The standard InChI is InChI=1S/C29H31F3N4O/c1-5-8-22(17-35(4)19-33)20(3)14-25-26-18-36(24-11-7-10-23(15-24)29(30,31)32)28(37)13-12-21(26)16-34-27(25)9-6-2/h5-17,20H,2,18-19,33H2,1,3-4H3/b8-5-,22-17+,25-14-,27-9+. The average molecular weight is 509 g/mol. The number of carbonyl (C=O) groups excluding carboxylic acids is 1. The topological polar surface area (TPSA) is 62.5 Å². The van der Waals surface area contributed by atoms with Gasteiger partial charge in [0.2, 0.25) is 0 Å². The second kappa shape index (κ2) is 11.9. The predicted molar refractivity (Wildman–Crippen MR) is 143 cm³/mol. The molecule has 0 aliphatic carbocycles. The van der Waals surface area contributed by atoms with Gasteiger partial charge in [0, 0.05) is 42.3 Å². The quantitative estimate of drug-likeness (QED) is 0.446. The highest BCUT2D eigenvalue weighted by Crippen LogP contribution is 2.32. The second-order valence-corrected chi connectivity index (χ2v) is 8.72. The fraction of sp³-hybridized carbons (Fsp3) is 0.241. The van der Waals surface area contributed by atoms with E-state index in [1.807, 2.05) is 50.2 Å². The molecule has 8 heteroatoms. The lowest BCUT2D eigenvalue weighted by Crippen LogP contribution is -2.37. The van der Waals surface area contributed by atoms with Crippen molar-refractivity contribution in [3.8, 4) is 0 Å². The molecule has 0 bridgehead atoms. The summed E-state index contributed by atoms with van der Waals surface area (Å²) in [6, 6.07) is 4.80. The van der Waals surface area contributed by atoms with E-state index in [1.54, 1.807) is 24.4 Å². The number of nitrogens with zero attached hydrogens (tertiary/aromatic N) is 3. The third-order valence-corrected chi connectivity index (χ3v) is 6.00. The molecule has 0 fully saturated rings. The molecule has 2 heterocycles. The third kappa shape index (κ3) is 6.65. The monoisotopic (exact) mass is 508 g/mol. The van der Waals surface area contributed by atoms with E-state index in [0.29, 0.717) is 12.0 Å². The molecule has 0 spiro atoms. The minimum atomic E-state index is -4.52. The fourth-order valence-electron chi connectivity index (χ4n) is 4.06. The Morgan fingerprint density at radius 2 is 2.08 bits per heavy atom. The summed E-state index contributed by atoms with van der Waals surface area (Å²) >= 11 is 0. The van der Waals surface area contributed by atoms with Gasteiger partial charge in [-0.05, 0) is 54.0 Å². The first kappa shape index (κ1) is 27.7. The number of fused-ring (bicyclic) bond motifs is 1. The van der Waals surface area contributed by atoms with Crippen molar-refractivity contribution in [2.45, 2.75) is 26.6 Å². The van der Waals surface area contributed by atoms with E-state index >= 15 is 0 Å². The van der Waals surface area contributed by atoms with Crippen LogP contribution in [0.5, 0.6) is 0 Å². The lowest BCUT2D eigenvalue weighted by Gasteiger charge is -2.22. The van der Waals surface area contributed by atoms with Gasteiger partial charge in [0.15, 0.2) is 0 Å². The van der Waals surface area contributed by atoms with Gasteiger partial charge in [-0.2, -0.15) is 13.2 Å². The second-order valence-electron chi connectivity index (χ2n) is 8.72. The molecule has 1 atom stereocenters. The Morgan fingerprint density at radius 1 is 1.32 bits per heavy atom. The molecule has 1 aromatic carbocycles. The minimum Gasteiger partial charge on any atom is -0.368 e. The third-order valence-electron chi connectivity index (χ3n) is 6.00. The van der Waals surface area contributed by atoms with E-state index < -0.39 is 17.6 Å². The number of nitrogens with two attached hydrogens (primary N) is 1. The number of alkyl halides is 3. The Bertz CT molecular complexity index is 1370. The first-order valence-corrected chi connectivity index (χ1v) is 11.8. The zero-order valence-corrected chi connectivity index (χ0v) is 21.2. The van der Waals surface area contributed by atoms with Crippen LogP contribution in [-0.4, -0.2) is 29.5 Å². The van der Waals surface area contributed by atoms with Crippen molar-refractivity contribution in [2.75, 3.05) is 18.6 Å². The van der Waals surface area contributed by atoms with Gasteiger partial charge in [-0.15, -0.1) is 0 Å². The van der Waals surface area contributed by atoms with E-state index in [-0.39, 0.29) is 18.2 Å². The zero-order valence-electron chi connectivity index (χ0n) is 21.2. The van der Waals surface area contributed by atoms with Crippen LogP contribution < -0.4 is 21.2 Å². The van der Waals surface area contributed by atoms with Crippen molar-refractivity contribution in [2.24, 2.45) is 11.7 Å². The molecule has 0 radical (unpaired) electrons. The molecular weight excluding hydrogens is 477 g/mol. The van der Waals surface area contributed by atoms with Crippen LogP contribution >= 0.6 is 0 Å². The van der Waals surface area contributed by atoms with Crippen LogP contribution in [-0.2, 0) is 17.5 Å². The molecule has 1 unspecified atom stereocenters. The lowest BCUT2D eigenvalue weighted by atomic mass is 9.97. The minimum absolute atomic E-state index is 0.0691. The maximum absolute atomic E-state index is 13.4. The number of anilines is 1. The Labute approximate surface area is 215 Å². The molecule has 1 aliphatic heterocycles. The van der Waals surface area contributed by atoms with Gasteiger partial charge in [0.1, 0.15) is 0 Å². The number of allylic oxidation sites excluding steroid dienone is 4. The highest BCUT2D eigenvalue weighted by atomic mass is 19.4. The molecule has 2 N–H and O–H groups in total. The predicted octanol–water partition coefficient (Wildman–Crippen LogP) is 4.35. The van der Waals surface area contributed by atoms with Gasteiger partial charge in [0.05, 0.1) is 24.1 Å². The van der Waals surface area contributed by atoms with Crippen LogP contribution in [0.2, 0.25) is 0 Å². The summed E-state index contributed by atoms with van der Waals surface area (Å²) in [7, 11) is 1.88. The summed E-state index contributed by atoms with van der Waals surface area (Å²) in [4.78, 5) is 20.8. The largest absolute Gasteiger partial charge is 0.416 e. The maximum Gasteiger partial charge on any atom is 0.416 e. The number of hydrogen-bond acceptors (Lipinski definition) is 4. The number of carbonyl (C=O) groups is 1. The van der Waals surface area contributed by atoms with Crippen LogP contribution in [0.1, 0.15) is 30.5 Å². The summed E-state index contributed by atoms with van der Waals surface area (Å²) in [5.74, 6) is -0.483. The Balaban J connectivity index is 2.22. The molecular formula is C29H31F3N4O. The molecule has 3 rings (SSSR count).